The molecule has 6 nitrogen and oxygen atoms in total. The van der Waals surface area contributed by atoms with E-state index in [1.807, 2.05) is 0 Å². The molecule has 0 saturated carbocycles. The molecule has 2 aromatic carbocycles. The molecule has 1 amide bonds. The summed E-state index contributed by atoms with van der Waals surface area (Å²) in [6, 6.07) is 13.6. The number of carbonyl (C=O) groups excluding carboxylic acids is 1. The number of hydrogen-bond donors (Lipinski definition) is 1. The van der Waals surface area contributed by atoms with Crippen molar-refractivity contribution in [2.24, 2.45) is 5.92 Å². The van der Waals surface area contributed by atoms with Gasteiger partial charge in [-0.15, -0.1) is 0 Å². The molecule has 8 heteroatoms. The molecule has 1 fully saturated rings. The van der Waals surface area contributed by atoms with Crippen LogP contribution in [0.5, 0.6) is 5.75 Å². The molecule has 1 N–H and O–H groups in total. The number of aromatic nitrogens is 2. The minimum atomic E-state index is -0.237. The van der Waals surface area contributed by atoms with Gasteiger partial charge in [0.05, 0.1) is 7.11 Å². The Kier molecular flexibility index (Phi) is 6.76. The fourth-order valence-electron chi connectivity index (χ4n) is 3.64. The third-order valence-electron chi connectivity index (χ3n) is 5.52. The van der Waals surface area contributed by atoms with E-state index in [9.17, 15) is 9.18 Å². The number of hydrogen-bond acceptors (Lipinski definition) is 6. The minimum absolute atomic E-state index is 0.0559. The Morgan fingerprint density at radius 3 is 2.55 bits per heavy atom. The minimum Gasteiger partial charge on any atom is -0.497 e. The lowest BCUT2D eigenvalue weighted by Gasteiger charge is -2.31. The molecule has 0 radical (unpaired) electrons. The average Bonchev–Trinajstić information content (AvgIpc) is 3.28. The van der Waals surface area contributed by atoms with Gasteiger partial charge in [-0.2, -0.15) is 4.37 Å². The lowest BCUT2D eigenvalue weighted by molar-refractivity contribution is 0.0945. The van der Waals surface area contributed by atoms with Crippen LogP contribution in [0.1, 0.15) is 34.6 Å². The molecule has 1 saturated heterocycles. The smallest absolute Gasteiger partial charge is 0.251 e. The summed E-state index contributed by atoms with van der Waals surface area (Å²) >= 11 is 1.41. The Hall–Kier alpha value is -3.00. The maximum atomic E-state index is 13.1. The van der Waals surface area contributed by atoms with E-state index < -0.39 is 0 Å². The Labute approximate surface area is 185 Å². The molecule has 31 heavy (non-hydrogen) atoms. The van der Waals surface area contributed by atoms with Gasteiger partial charge in [0.1, 0.15) is 17.4 Å². The number of amides is 1. The number of rotatable bonds is 7. The second kappa shape index (κ2) is 9.87. The number of nitrogens with zero attached hydrogens (tertiary/aromatic N) is 3. The number of anilines is 1. The SMILES string of the molecule is COc1ccc(C(=O)NCC2CCN(c3nc(Cc4ccc(F)cc4)ns3)CC2)cc1. The first-order valence-electron chi connectivity index (χ1n) is 10.3. The molecule has 1 aliphatic rings. The average molecular weight is 441 g/mol. The van der Waals surface area contributed by atoms with Gasteiger partial charge in [0.25, 0.3) is 5.91 Å². The fraction of sp³-hybridized carbons (Fsp3) is 0.348. The van der Waals surface area contributed by atoms with Crippen LogP contribution in [0, 0.1) is 11.7 Å². The largest absolute Gasteiger partial charge is 0.497 e. The highest BCUT2D eigenvalue weighted by molar-refractivity contribution is 7.09. The Morgan fingerprint density at radius 1 is 1.16 bits per heavy atom. The molecule has 0 atom stereocenters. The zero-order valence-corrected chi connectivity index (χ0v) is 18.2. The molecule has 1 aromatic heterocycles. The van der Waals surface area contributed by atoms with Gasteiger partial charge >= 0.3 is 0 Å². The van der Waals surface area contributed by atoms with Crippen LogP contribution in [0.2, 0.25) is 0 Å². The summed E-state index contributed by atoms with van der Waals surface area (Å²) < 4.78 is 22.6. The molecule has 0 spiro atoms. The summed E-state index contributed by atoms with van der Waals surface area (Å²) in [6.07, 6.45) is 2.59. The molecular formula is C23H25FN4O2S. The maximum Gasteiger partial charge on any atom is 0.251 e. The third kappa shape index (κ3) is 5.58. The van der Waals surface area contributed by atoms with Crippen LogP contribution in [-0.2, 0) is 6.42 Å². The van der Waals surface area contributed by atoms with Gasteiger partial charge in [-0.1, -0.05) is 12.1 Å². The van der Waals surface area contributed by atoms with Crippen LogP contribution in [0.25, 0.3) is 0 Å². The Balaban J connectivity index is 1.23. The van der Waals surface area contributed by atoms with Crippen LogP contribution in [-0.4, -0.2) is 42.0 Å². The highest BCUT2D eigenvalue weighted by Gasteiger charge is 2.22. The van der Waals surface area contributed by atoms with Gasteiger partial charge in [-0.3, -0.25) is 4.79 Å². The van der Waals surface area contributed by atoms with Gasteiger partial charge in [0.2, 0.25) is 5.13 Å². The quantitative estimate of drug-likeness (QED) is 0.603. The number of piperidine rings is 1. The molecule has 4 rings (SSSR count). The van der Waals surface area contributed by atoms with Crippen LogP contribution in [0.3, 0.4) is 0 Å². The predicted octanol–water partition coefficient (Wildman–Crippen LogP) is 3.92. The van der Waals surface area contributed by atoms with Crippen LogP contribution in [0.4, 0.5) is 9.52 Å². The van der Waals surface area contributed by atoms with Gasteiger partial charge in [0.15, 0.2) is 0 Å². The van der Waals surface area contributed by atoms with Gasteiger partial charge < -0.3 is 15.0 Å². The predicted molar refractivity (Wildman–Crippen MR) is 119 cm³/mol. The van der Waals surface area contributed by atoms with E-state index in [0.717, 1.165) is 48.2 Å². The number of methoxy groups -OCH3 is 1. The van der Waals surface area contributed by atoms with E-state index >= 15 is 0 Å². The number of benzene rings is 2. The summed E-state index contributed by atoms with van der Waals surface area (Å²) in [4.78, 5) is 19.3. The van der Waals surface area contributed by atoms with Crippen molar-refractivity contribution >= 4 is 22.6 Å². The van der Waals surface area contributed by atoms with Crippen molar-refractivity contribution in [2.75, 3.05) is 31.6 Å². The fourth-order valence-corrected chi connectivity index (χ4v) is 4.38. The summed E-state index contributed by atoms with van der Waals surface area (Å²) in [6.45, 7) is 2.47. The number of ether oxygens (including phenoxy) is 1. The van der Waals surface area contributed by atoms with Crippen molar-refractivity contribution < 1.29 is 13.9 Å². The lowest BCUT2D eigenvalue weighted by atomic mass is 9.97. The number of carbonyl (C=O) groups is 1. The molecule has 3 aromatic rings. The van der Waals surface area contributed by atoms with E-state index in [-0.39, 0.29) is 11.7 Å². The summed E-state index contributed by atoms with van der Waals surface area (Å²) in [5.74, 6) is 1.66. The lowest BCUT2D eigenvalue weighted by Crippen LogP contribution is -2.38. The molecule has 0 unspecified atom stereocenters. The van der Waals surface area contributed by atoms with E-state index in [0.29, 0.717) is 24.4 Å². The first-order chi connectivity index (χ1) is 15.1. The van der Waals surface area contributed by atoms with Crippen molar-refractivity contribution in [1.82, 2.24) is 14.7 Å². The standard InChI is InChI=1S/C23H25FN4O2S/c1-30-20-8-4-18(5-9-20)22(29)25-15-17-10-12-28(13-11-17)23-26-21(27-31-23)14-16-2-6-19(24)7-3-16/h2-9,17H,10-15H2,1H3,(H,25,29). The number of halogens is 1. The molecule has 0 bridgehead atoms. The molecule has 1 aliphatic heterocycles. The molecular weight excluding hydrogens is 415 g/mol. The normalized spacial score (nSPS) is 14.5. The zero-order valence-electron chi connectivity index (χ0n) is 17.4. The van der Waals surface area contributed by atoms with Crippen LogP contribution >= 0.6 is 11.5 Å². The molecule has 162 valence electrons. The topological polar surface area (TPSA) is 67.3 Å². The molecule has 0 aliphatic carbocycles. The van der Waals surface area contributed by atoms with E-state index in [1.54, 1.807) is 43.5 Å². The highest BCUT2D eigenvalue weighted by Crippen LogP contribution is 2.25. The van der Waals surface area contributed by atoms with Gasteiger partial charge in [0, 0.05) is 43.2 Å². The van der Waals surface area contributed by atoms with Crippen molar-refractivity contribution in [3.8, 4) is 5.75 Å². The monoisotopic (exact) mass is 440 g/mol. The summed E-state index contributed by atoms with van der Waals surface area (Å²) in [5.41, 5.74) is 1.64. The Bertz CT molecular complexity index is 999. The van der Waals surface area contributed by atoms with Crippen LogP contribution in [0.15, 0.2) is 48.5 Å². The van der Waals surface area contributed by atoms with E-state index in [2.05, 4.69) is 19.6 Å². The second-order valence-corrected chi connectivity index (χ2v) is 8.40. The van der Waals surface area contributed by atoms with Crippen molar-refractivity contribution in [2.45, 2.75) is 19.3 Å². The molecule has 2 heterocycles. The summed E-state index contributed by atoms with van der Waals surface area (Å²) in [7, 11) is 1.61. The Morgan fingerprint density at radius 2 is 1.87 bits per heavy atom. The second-order valence-electron chi connectivity index (χ2n) is 7.67. The van der Waals surface area contributed by atoms with Gasteiger partial charge in [-0.25, -0.2) is 9.37 Å². The van der Waals surface area contributed by atoms with E-state index in [1.165, 1.54) is 23.7 Å². The summed E-state index contributed by atoms with van der Waals surface area (Å²) in [5, 5.41) is 3.97. The number of nitrogens with one attached hydrogen (secondary N) is 1. The third-order valence-corrected chi connectivity index (χ3v) is 6.34. The van der Waals surface area contributed by atoms with Crippen molar-refractivity contribution in [1.29, 1.82) is 0 Å². The van der Waals surface area contributed by atoms with E-state index in [4.69, 9.17) is 4.74 Å². The highest BCUT2D eigenvalue weighted by atomic mass is 32.1. The van der Waals surface area contributed by atoms with Crippen molar-refractivity contribution in [3.63, 3.8) is 0 Å². The first kappa shape index (κ1) is 21.2. The first-order valence-corrected chi connectivity index (χ1v) is 11.1. The van der Waals surface area contributed by atoms with Gasteiger partial charge in [-0.05, 0) is 60.7 Å². The maximum absolute atomic E-state index is 13.1. The van der Waals surface area contributed by atoms with Crippen LogP contribution < -0.4 is 15.0 Å². The van der Waals surface area contributed by atoms with Crippen molar-refractivity contribution in [3.05, 3.63) is 71.3 Å². The zero-order chi connectivity index (χ0) is 21.6.